The SMILES string of the molecule is O=S(=O)(Nc1cccc(F)c1)c1cccc(C2CC2(F)F)c1. The van der Waals surface area contributed by atoms with Gasteiger partial charge in [-0.05, 0) is 35.9 Å². The number of hydrogen-bond donors (Lipinski definition) is 1. The van der Waals surface area contributed by atoms with E-state index in [4.69, 9.17) is 0 Å². The Kier molecular flexibility index (Phi) is 3.40. The molecule has 0 saturated heterocycles. The largest absolute Gasteiger partial charge is 0.280 e. The molecule has 0 amide bonds. The van der Waals surface area contributed by atoms with E-state index < -0.39 is 27.7 Å². The fraction of sp³-hybridized carbons (Fsp3) is 0.200. The number of sulfonamides is 1. The van der Waals surface area contributed by atoms with Crippen LogP contribution in [-0.4, -0.2) is 14.3 Å². The molecule has 116 valence electrons. The lowest BCUT2D eigenvalue weighted by Gasteiger charge is -2.09. The average Bonchev–Trinajstić information content (AvgIpc) is 3.07. The molecule has 3 rings (SSSR count). The molecule has 0 aromatic heterocycles. The lowest BCUT2D eigenvalue weighted by Crippen LogP contribution is -2.13. The van der Waals surface area contributed by atoms with Crippen LogP contribution < -0.4 is 4.72 Å². The third-order valence-corrected chi connectivity index (χ3v) is 4.85. The Morgan fingerprint density at radius 2 is 1.77 bits per heavy atom. The standard InChI is InChI=1S/C15H12F3NO2S/c16-11-4-2-5-12(8-11)19-22(20,21)13-6-1-3-10(7-13)14-9-15(14,17)18/h1-8,14,19H,9H2. The van der Waals surface area contributed by atoms with Crippen molar-refractivity contribution in [3.63, 3.8) is 0 Å². The van der Waals surface area contributed by atoms with Crippen LogP contribution in [0.25, 0.3) is 0 Å². The molecule has 0 aliphatic heterocycles. The number of hydrogen-bond acceptors (Lipinski definition) is 2. The molecule has 1 aliphatic rings. The first-order valence-corrected chi connectivity index (χ1v) is 8.02. The summed E-state index contributed by atoms with van der Waals surface area (Å²) < 4.78 is 66.0. The minimum atomic E-state index is -3.96. The summed E-state index contributed by atoms with van der Waals surface area (Å²) in [6, 6.07) is 10.4. The van der Waals surface area contributed by atoms with Crippen LogP contribution in [0.1, 0.15) is 17.9 Å². The first-order valence-electron chi connectivity index (χ1n) is 6.54. The zero-order chi connectivity index (χ0) is 16.0. The van der Waals surface area contributed by atoms with Crippen LogP contribution in [-0.2, 0) is 10.0 Å². The zero-order valence-electron chi connectivity index (χ0n) is 11.3. The van der Waals surface area contributed by atoms with Crippen molar-refractivity contribution in [2.75, 3.05) is 4.72 Å². The van der Waals surface area contributed by atoms with Crippen LogP contribution in [0.5, 0.6) is 0 Å². The molecule has 3 nitrogen and oxygen atoms in total. The fourth-order valence-electron chi connectivity index (χ4n) is 2.24. The Labute approximate surface area is 125 Å². The maximum Gasteiger partial charge on any atom is 0.261 e. The Bertz CT molecular complexity index is 821. The van der Waals surface area contributed by atoms with E-state index in [1.165, 1.54) is 42.5 Å². The molecule has 1 fully saturated rings. The zero-order valence-corrected chi connectivity index (χ0v) is 12.1. The van der Waals surface area contributed by atoms with Crippen molar-refractivity contribution in [1.82, 2.24) is 0 Å². The lowest BCUT2D eigenvalue weighted by molar-refractivity contribution is 0.112. The van der Waals surface area contributed by atoms with Gasteiger partial charge in [-0.15, -0.1) is 0 Å². The predicted molar refractivity (Wildman–Crippen MR) is 76.0 cm³/mol. The topological polar surface area (TPSA) is 46.2 Å². The van der Waals surface area contributed by atoms with Gasteiger partial charge in [0.2, 0.25) is 0 Å². The van der Waals surface area contributed by atoms with E-state index in [-0.39, 0.29) is 22.6 Å². The van der Waals surface area contributed by atoms with Gasteiger partial charge in [0.15, 0.2) is 0 Å². The van der Waals surface area contributed by atoms with Gasteiger partial charge in [-0.1, -0.05) is 18.2 Å². The predicted octanol–water partition coefficient (Wildman–Crippen LogP) is 3.75. The monoisotopic (exact) mass is 327 g/mol. The summed E-state index contributed by atoms with van der Waals surface area (Å²) in [6.07, 6.45) is -0.270. The van der Waals surface area contributed by atoms with Gasteiger partial charge in [-0.3, -0.25) is 4.72 Å². The minimum Gasteiger partial charge on any atom is -0.280 e. The number of halogens is 3. The lowest BCUT2D eigenvalue weighted by atomic mass is 10.1. The van der Waals surface area contributed by atoms with Gasteiger partial charge in [-0.25, -0.2) is 21.6 Å². The molecule has 0 spiro atoms. The molecule has 0 radical (unpaired) electrons. The minimum absolute atomic E-state index is 0.0714. The number of anilines is 1. The van der Waals surface area contributed by atoms with E-state index in [1.807, 2.05) is 0 Å². The van der Waals surface area contributed by atoms with Crippen LogP contribution in [0.3, 0.4) is 0 Å². The Hall–Kier alpha value is -2.02. The van der Waals surface area contributed by atoms with Crippen molar-refractivity contribution in [2.24, 2.45) is 0 Å². The Balaban J connectivity index is 1.88. The van der Waals surface area contributed by atoms with Crippen LogP contribution in [0, 0.1) is 5.82 Å². The quantitative estimate of drug-likeness (QED) is 0.929. The van der Waals surface area contributed by atoms with Crippen molar-refractivity contribution < 1.29 is 21.6 Å². The average molecular weight is 327 g/mol. The highest BCUT2D eigenvalue weighted by atomic mass is 32.2. The second-order valence-electron chi connectivity index (χ2n) is 5.21. The van der Waals surface area contributed by atoms with Crippen LogP contribution in [0.4, 0.5) is 18.9 Å². The Morgan fingerprint density at radius 1 is 1.09 bits per heavy atom. The number of rotatable bonds is 4. The first kappa shape index (κ1) is 14.9. The third-order valence-electron chi connectivity index (χ3n) is 3.47. The van der Waals surface area contributed by atoms with Gasteiger partial charge in [-0.2, -0.15) is 0 Å². The molecular formula is C15H12F3NO2S. The molecule has 7 heteroatoms. The summed E-state index contributed by atoms with van der Waals surface area (Å²) in [6.45, 7) is 0. The van der Waals surface area contributed by atoms with Crippen molar-refractivity contribution in [1.29, 1.82) is 0 Å². The normalized spacial score (nSPS) is 19.7. The molecular weight excluding hydrogens is 315 g/mol. The Morgan fingerprint density at radius 3 is 2.41 bits per heavy atom. The van der Waals surface area contributed by atoms with Gasteiger partial charge in [0, 0.05) is 6.42 Å². The van der Waals surface area contributed by atoms with E-state index in [0.29, 0.717) is 0 Å². The second-order valence-corrected chi connectivity index (χ2v) is 6.89. The van der Waals surface area contributed by atoms with Crippen molar-refractivity contribution in [3.05, 3.63) is 59.9 Å². The molecule has 0 bridgehead atoms. The summed E-state index contributed by atoms with van der Waals surface area (Å²) in [7, 11) is -3.96. The second kappa shape index (κ2) is 5.01. The van der Waals surface area contributed by atoms with Crippen molar-refractivity contribution in [2.45, 2.75) is 23.2 Å². The summed E-state index contributed by atoms with van der Waals surface area (Å²) in [5, 5.41) is 0. The summed E-state index contributed by atoms with van der Waals surface area (Å²) >= 11 is 0. The summed E-state index contributed by atoms with van der Waals surface area (Å²) in [5.74, 6) is -4.28. The highest BCUT2D eigenvalue weighted by Crippen LogP contribution is 2.55. The molecule has 1 saturated carbocycles. The first-order chi connectivity index (χ1) is 10.3. The van der Waals surface area contributed by atoms with Gasteiger partial charge in [0.05, 0.1) is 16.5 Å². The van der Waals surface area contributed by atoms with Crippen LogP contribution >= 0.6 is 0 Å². The maximum absolute atomic E-state index is 13.1. The van der Waals surface area contributed by atoms with E-state index in [0.717, 1.165) is 6.07 Å². The summed E-state index contributed by atoms with van der Waals surface area (Å²) in [4.78, 5) is -0.128. The van der Waals surface area contributed by atoms with Crippen LogP contribution in [0.2, 0.25) is 0 Å². The molecule has 1 aliphatic carbocycles. The van der Waals surface area contributed by atoms with Gasteiger partial charge >= 0.3 is 0 Å². The number of nitrogens with one attached hydrogen (secondary N) is 1. The number of benzene rings is 2. The molecule has 2 aromatic rings. The highest BCUT2D eigenvalue weighted by Gasteiger charge is 2.57. The van der Waals surface area contributed by atoms with Crippen molar-refractivity contribution in [3.8, 4) is 0 Å². The molecule has 0 heterocycles. The molecule has 1 unspecified atom stereocenters. The van der Waals surface area contributed by atoms with E-state index in [1.54, 1.807) is 0 Å². The van der Waals surface area contributed by atoms with Crippen molar-refractivity contribution >= 4 is 15.7 Å². The van der Waals surface area contributed by atoms with E-state index in [2.05, 4.69) is 4.72 Å². The highest BCUT2D eigenvalue weighted by molar-refractivity contribution is 7.92. The van der Waals surface area contributed by atoms with E-state index in [9.17, 15) is 21.6 Å². The fourth-order valence-corrected chi connectivity index (χ4v) is 3.34. The molecule has 1 N–H and O–H groups in total. The smallest absolute Gasteiger partial charge is 0.261 e. The maximum atomic E-state index is 13.1. The van der Waals surface area contributed by atoms with Gasteiger partial charge in [0.1, 0.15) is 5.82 Å². The molecule has 1 atom stereocenters. The molecule has 22 heavy (non-hydrogen) atoms. The van der Waals surface area contributed by atoms with Crippen LogP contribution in [0.15, 0.2) is 53.4 Å². The van der Waals surface area contributed by atoms with Gasteiger partial charge < -0.3 is 0 Å². The summed E-state index contributed by atoms with van der Waals surface area (Å²) in [5.41, 5.74) is 0.356. The third kappa shape index (κ3) is 2.94. The number of alkyl halides is 2. The van der Waals surface area contributed by atoms with E-state index >= 15 is 0 Å². The molecule has 2 aromatic carbocycles. The van der Waals surface area contributed by atoms with Gasteiger partial charge in [0.25, 0.3) is 15.9 Å².